The molecule has 1 aliphatic heterocycles. The number of esters is 1. The zero-order valence-electron chi connectivity index (χ0n) is 11.6. The highest BCUT2D eigenvalue weighted by Crippen LogP contribution is 2.10. The first-order valence-electron chi connectivity index (χ1n) is 6.67. The molecular weight excluding hydrogens is 264 g/mol. The number of hydrogen-bond donors (Lipinski definition) is 1. The van der Waals surface area contributed by atoms with Gasteiger partial charge in [-0.3, -0.25) is 0 Å². The Kier molecular flexibility index (Phi) is 5.90. The zero-order chi connectivity index (χ0) is 14.2. The molecule has 112 valence electrons. The van der Waals surface area contributed by atoms with E-state index in [1.54, 1.807) is 18.0 Å². The largest absolute Gasteiger partial charge is 0.461 e. The molecule has 0 aliphatic carbocycles. The monoisotopic (exact) mass is 284 g/mol. The van der Waals surface area contributed by atoms with Gasteiger partial charge in [0.15, 0.2) is 5.69 Å². The van der Waals surface area contributed by atoms with Gasteiger partial charge in [0, 0.05) is 33.2 Å². The lowest BCUT2D eigenvalue weighted by Crippen LogP contribution is -2.43. The molecule has 0 radical (unpaired) electrons. The maximum absolute atomic E-state index is 11.7. The maximum atomic E-state index is 11.7. The molecule has 8 heteroatoms. The molecule has 0 bridgehead atoms. The van der Waals surface area contributed by atoms with E-state index in [1.807, 2.05) is 0 Å². The van der Waals surface area contributed by atoms with Crippen LogP contribution in [0.5, 0.6) is 0 Å². The van der Waals surface area contributed by atoms with E-state index in [0.29, 0.717) is 38.9 Å². The van der Waals surface area contributed by atoms with E-state index in [-0.39, 0.29) is 5.69 Å². The summed E-state index contributed by atoms with van der Waals surface area (Å²) in [5.74, 6) is -0.444. The van der Waals surface area contributed by atoms with E-state index in [0.717, 1.165) is 13.1 Å². The topological polar surface area (TPSA) is 87.5 Å². The van der Waals surface area contributed by atoms with Crippen LogP contribution in [-0.2, 0) is 14.2 Å². The van der Waals surface area contributed by atoms with Crippen molar-refractivity contribution >= 4 is 5.97 Å². The minimum absolute atomic E-state index is 0.247. The smallest absolute Gasteiger partial charge is 0.360 e. The van der Waals surface area contributed by atoms with E-state index >= 15 is 0 Å². The molecule has 2 rings (SSSR count). The lowest BCUT2D eigenvalue weighted by Gasteiger charge is -2.26. The fourth-order valence-electron chi connectivity index (χ4n) is 1.65. The predicted molar refractivity (Wildman–Crippen MR) is 69.5 cm³/mol. The number of nitrogens with zero attached hydrogens (tertiary/aromatic N) is 3. The van der Waals surface area contributed by atoms with Gasteiger partial charge in [-0.25, -0.2) is 9.48 Å². The average Bonchev–Trinajstić information content (AvgIpc) is 2.85. The Hall–Kier alpha value is -1.51. The molecule has 0 spiro atoms. The van der Waals surface area contributed by atoms with Crippen molar-refractivity contribution in [2.75, 3.05) is 46.6 Å². The number of rotatable bonds is 9. The number of methoxy groups -OCH3 is 1. The molecule has 0 saturated carbocycles. The molecule has 1 saturated heterocycles. The lowest BCUT2D eigenvalue weighted by molar-refractivity contribution is 0.0380. The number of hydrogen-bond acceptors (Lipinski definition) is 7. The molecule has 8 nitrogen and oxygen atoms in total. The van der Waals surface area contributed by atoms with Crippen molar-refractivity contribution in [3.05, 3.63) is 11.9 Å². The predicted octanol–water partition coefficient (Wildman–Crippen LogP) is -0.368. The number of aromatic nitrogens is 3. The van der Waals surface area contributed by atoms with Crippen molar-refractivity contribution < 1.29 is 19.0 Å². The summed E-state index contributed by atoms with van der Waals surface area (Å²) >= 11 is 0. The van der Waals surface area contributed by atoms with Gasteiger partial charge in [0.05, 0.1) is 32.1 Å². The SMILES string of the molecule is COCCOCCCOC(=O)c1cn(C2CNC2)nn1. The van der Waals surface area contributed by atoms with Gasteiger partial charge in [0.2, 0.25) is 0 Å². The van der Waals surface area contributed by atoms with Crippen molar-refractivity contribution in [3.8, 4) is 0 Å². The van der Waals surface area contributed by atoms with Gasteiger partial charge < -0.3 is 19.5 Å². The Labute approximate surface area is 117 Å². The fraction of sp³-hybridized carbons (Fsp3) is 0.750. The summed E-state index contributed by atoms with van der Waals surface area (Å²) in [5, 5.41) is 10.9. The van der Waals surface area contributed by atoms with Crippen LogP contribution in [0.15, 0.2) is 6.20 Å². The van der Waals surface area contributed by atoms with E-state index in [2.05, 4.69) is 15.6 Å². The van der Waals surface area contributed by atoms with Gasteiger partial charge in [-0.2, -0.15) is 0 Å². The molecular formula is C12H20N4O4. The van der Waals surface area contributed by atoms with Crippen LogP contribution >= 0.6 is 0 Å². The fourth-order valence-corrected chi connectivity index (χ4v) is 1.65. The van der Waals surface area contributed by atoms with E-state index < -0.39 is 5.97 Å². The van der Waals surface area contributed by atoms with Crippen molar-refractivity contribution in [2.24, 2.45) is 0 Å². The Balaban J connectivity index is 1.60. The Morgan fingerprint density at radius 1 is 1.40 bits per heavy atom. The maximum Gasteiger partial charge on any atom is 0.360 e. The summed E-state index contributed by atoms with van der Waals surface area (Å²) in [5.41, 5.74) is 0.247. The van der Waals surface area contributed by atoms with Gasteiger partial charge in [-0.15, -0.1) is 5.10 Å². The molecule has 0 aromatic carbocycles. The van der Waals surface area contributed by atoms with Gasteiger partial charge in [-0.1, -0.05) is 5.21 Å². The van der Waals surface area contributed by atoms with Crippen molar-refractivity contribution in [3.63, 3.8) is 0 Å². The normalized spacial score (nSPS) is 15.1. The van der Waals surface area contributed by atoms with Crippen LogP contribution in [0.4, 0.5) is 0 Å². The highest BCUT2D eigenvalue weighted by molar-refractivity contribution is 5.86. The number of carbonyl (C=O) groups is 1. The van der Waals surface area contributed by atoms with Gasteiger partial charge in [0.25, 0.3) is 0 Å². The molecule has 1 aromatic heterocycles. The molecule has 1 aliphatic rings. The molecule has 2 heterocycles. The molecule has 0 amide bonds. The third-order valence-electron chi connectivity index (χ3n) is 2.95. The molecule has 1 N–H and O–H groups in total. The van der Waals surface area contributed by atoms with Crippen molar-refractivity contribution in [1.82, 2.24) is 20.3 Å². The summed E-state index contributed by atoms with van der Waals surface area (Å²) < 4.78 is 16.9. The van der Waals surface area contributed by atoms with Crippen LogP contribution < -0.4 is 5.32 Å². The minimum Gasteiger partial charge on any atom is -0.461 e. The standard InChI is InChI=1S/C12H20N4O4/c1-18-5-6-19-3-2-4-20-12(17)11-9-16(15-14-11)10-7-13-8-10/h9-10,13H,2-8H2,1H3. The second kappa shape index (κ2) is 7.93. The van der Waals surface area contributed by atoms with Gasteiger partial charge in [-0.05, 0) is 0 Å². The Morgan fingerprint density at radius 3 is 2.95 bits per heavy atom. The lowest BCUT2D eigenvalue weighted by atomic mass is 10.2. The Morgan fingerprint density at radius 2 is 2.25 bits per heavy atom. The second-order valence-electron chi connectivity index (χ2n) is 4.49. The second-order valence-corrected chi connectivity index (χ2v) is 4.49. The van der Waals surface area contributed by atoms with Gasteiger partial charge >= 0.3 is 5.97 Å². The average molecular weight is 284 g/mol. The zero-order valence-corrected chi connectivity index (χ0v) is 11.6. The highest BCUT2D eigenvalue weighted by Gasteiger charge is 2.22. The summed E-state index contributed by atoms with van der Waals surface area (Å²) in [7, 11) is 1.62. The van der Waals surface area contributed by atoms with Gasteiger partial charge in [0.1, 0.15) is 0 Å². The summed E-state index contributed by atoms with van der Waals surface area (Å²) in [6.07, 6.45) is 2.28. The first kappa shape index (κ1) is 14.9. The van der Waals surface area contributed by atoms with Crippen LogP contribution in [0.3, 0.4) is 0 Å². The highest BCUT2D eigenvalue weighted by atomic mass is 16.5. The van der Waals surface area contributed by atoms with Crippen LogP contribution in [0.1, 0.15) is 23.0 Å². The van der Waals surface area contributed by atoms with E-state index in [1.165, 1.54) is 0 Å². The molecule has 1 fully saturated rings. The number of carbonyl (C=O) groups excluding carboxylic acids is 1. The van der Waals surface area contributed by atoms with Crippen LogP contribution in [-0.4, -0.2) is 67.6 Å². The van der Waals surface area contributed by atoms with Crippen LogP contribution in [0, 0.1) is 0 Å². The Bertz CT molecular complexity index is 419. The molecule has 0 atom stereocenters. The summed E-state index contributed by atoms with van der Waals surface area (Å²) in [4.78, 5) is 11.7. The first-order chi connectivity index (χ1) is 9.81. The number of nitrogens with one attached hydrogen (secondary N) is 1. The molecule has 1 aromatic rings. The minimum atomic E-state index is -0.444. The molecule has 0 unspecified atom stereocenters. The third-order valence-corrected chi connectivity index (χ3v) is 2.95. The summed E-state index contributed by atoms with van der Waals surface area (Å²) in [6, 6.07) is 0.290. The van der Waals surface area contributed by atoms with E-state index in [9.17, 15) is 4.79 Å². The van der Waals surface area contributed by atoms with Crippen molar-refractivity contribution in [1.29, 1.82) is 0 Å². The quantitative estimate of drug-likeness (QED) is 0.489. The van der Waals surface area contributed by atoms with Crippen LogP contribution in [0.25, 0.3) is 0 Å². The molecule has 20 heavy (non-hydrogen) atoms. The summed E-state index contributed by atoms with van der Waals surface area (Å²) in [6.45, 7) is 3.68. The van der Waals surface area contributed by atoms with Crippen LogP contribution in [0.2, 0.25) is 0 Å². The number of ether oxygens (including phenoxy) is 3. The van der Waals surface area contributed by atoms with Crippen molar-refractivity contribution in [2.45, 2.75) is 12.5 Å². The third kappa shape index (κ3) is 4.26. The van der Waals surface area contributed by atoms with E-state index in [4.69, 9.17) is 14.2 Å². The first-order valence-corrected chi connectivity index (χ1v) is 6.67.